The molecule has 1 fully saturated rings. The summed E-state index contributed by atoms with van der Waals surface area (Å²) in [6, 6.07) is 3.88. The molecule has 0 bridgehead atoms. The predicted molar refractivity (Wildman–Crippen MR) is 85.3 cm³/mol. The number of rotatable bonds is 6. The number of nitrogens with zero attached hydrogens (tertiary/aromatic N) is 6. The van der Waals surface area contributed by atoms with Crippen LogP contribution in [0, 0.1) is 17.2 Å². The van der Waals surface area contributed by atoms with E-state index in [1.165, 1.54) is 6.20 Å². The van der Waals surface area contributed by atoms with Crippen molar-refractivity contribution in [1.82, 2.24) is 20.3 Å². The minimum Gasteiger partial charge on any atom is -0.384 e. The van der Waals surface area contributed by atoms with Gasteiger partial charge in [-0.3, -0.25) is 0 Å². The van der Waals surface area contributed by atoms with Crippen LogP contribution in [0.1, 0.15) is 30.1 Å². The van der Waals surface area contributed by atoms with Crippen LogP contribution in [0.5, 0.6) is 0 Å². The molecule has 24 heavy (non-hydrogen) atoms. The standard InChI is InChI=1S/C16H20N6O2/c1-23-7-4-14-19-16(24-21-14)9-12-2-5-22(6-3-12)15-8-13(10-17)11-18-20-15/h8,11-12H,2-7,9H2,1H3. The number of anilines is 1. The fraction of sp³-hybridized carbons (Fsp3) is 0.562. The van der Waals surface area contributed by atoms with E-state index >= 15 is 0 Å². The molecular formula is C16H20N6O2. The monoisotopic (exact) mass is 328 g/mol. The molecule has 0 amide bonds. The van der Waals surface area contributed by atoms with Crippen LogP contribution in [0.15, 0.2) is 16.8 Å². The second-order valence-electron chi connectivity index (χ2n) is 5.90. The summed E-state index contributed by atoms with van der Waals surface area (Å²) < 4.78 is 10.3. The summed E-state index contributed by atoms with van der Waals surface area (Å²) in [6.45, 7) is 2.37. The highest BCUT2D eigenvalue weighted by Crippen LogP contribution is 2.24. The first-order valence-electron chi connectivity index (χ1n) is 8.06. The maximum atomic E-state index is 8.96. The van der Waals surface area contributed by atoms with Gasteiger partial charge in [0.15, 0.2) is 11.6 Å². The summed E-state index contributed by atoms with van der Waals surface area (Å²) in [7, 11) is 1.66. The smallest absolute Gasteiger partial charge is 0.226 e. The van der Waals surface area contributed by atoms with Gasteiger partial charge in [-0.2, -0.15) is 15.3 Å². The van der Waals surface area contributed by atoms with Gasteiger partial charge in [-0.15, -0.1) is 5.10 Å². The Hall–Kier alpha value is -2.53. The second kappa shape index (κ2) is 7.84. The van der Waals surface area contributed by atoms with Crippen LogP contribution in [-0.4, -0.2) is 47.1 Å². The van der Waals surface area contributed by atoms with Crippen LogP contribution < -0.4 is 4.90 Å². The highest BCUT2D eigenvalue weighted by Gasteiger charge is 2.23. The molecule has 0 atom stereocenters. The van der Waals surface area contributed by atoms with Gasteiger partial charge in [0.1, 0.15) is 6.07 Å². The zero-order chi connectivity index (χ0) is 16.8. The minimum atomic E-state index is 0.518. The van der Waals surface area contributed by atoms with Crippen LogP contribution in [-0.2, 0) is 17.6 Å². The molecule has 0 unspecified atom stereocenters. The number of nitriles is 1. The Labute approximate surface area is 140 Å². The number of hydrogen-bond acceptors (Lipinski definition) is 8. The second-order valence-corrected chi connectivity index (χ2v) is 5.90. The van der Waals surface area contributed by atoms with Crippen molar-refractivity contribution in [2.45, 2.75) is 25.7 Å². The van der Waals surface area contributed by atoms with Gasteiger partial charge in [-0.05, 0) is 18.8 Å². The molecule has 0 radical (unpaired) electrons. The summed E-state index contributed by atoms with van der Waals surface area (Å²) in [4.78, 5) is 6.58. The molecule has 2 aromatic heterocycles. The van der Waals surface area contributed by atoms with Gasteiger partial charge >= 0.3 is 0 Å². The van der Waals surface area contributed by atoms with Crippen LogP contribution >= 0.6 is 0 Å². The largest absolute Gasteiger partial charge is 0.384 e. The third kappa shape index (κ3) is 4.06. The van der Waals surface area contributed by atoms with E-state index < -0.39 is 0 Å². The summed E-state index contributed by atoms with van der Waals surface area (Å²) in [5.41, 5.74) is 0.538. The zero-order valence-corrected chi connectivity index (χ0v) is 13.7. The van der Waals surface area contributed by atoms with Gasteiger partial charge in [0.25, 0.3) is 0 Å². The van der Waals surface area contributed by atoms with Crippen LogP contribution in [0.4, 0.5) is 5.82 Å². The van der Waals surface area contributed by atoms with E-state index in [4.69, 9.17) is 14.5 Å². The zero-order valence-electron chi connectivity index (χ0n) is 13.7. The van der Waals surface area contributed by atoms with Crippen molar-refractivity contribution in [3.8, 4) is 6.07 Å². The number of aromatic nitrogens is 4. The predicted octanol–water partition coefficient (Wildman–Crippen LogP) is 1.38. The molecule has 0 spiro atoms. The lowest BCUT2D eigenvalue weighted by Gasteiger charge is -2.31. The Morgan fingerprint density at radius 2 is 2.25 bits per heavy atom. The maximum absolute atomic E-state index is 8.96. The molecule has 0 aromatic carbocycles. The van der Waals surface area contributed by atoms with E-state index in [1.54, 1.807) is 13.2 Å². The van der Waals surface area contributed by atoms with Gasteiger partial charge in [0.05, 0.1) is 18.4 Å². The molecule has 1 aliphatic rings. The first kappa shape index (κ1) is 16.3. The molecule has 2 aromatic rings. The number of ether oxygens (including phenoxy) is 1. The first-order valence-corrected chi connectivity index (χ1v) is 8.06. The van der Waals surface area contributed by atoms with Crippen molar-refractivity contribution < 1.29 is 9.26 Å². The lowest BCUT2D eigenvalue weighted by atomic mass is 9.93. The molecule has 3 heterocycles. The molecule has 0 aliphatic carbocycles. The van der Waals surface area contributed by atoms with Crippen molar-refractivity contribution in [2.75, 3.05) is 31.7 Å². The molecule has 8 nitrogen and oxygen atoms in total. The lowest BCUT2D eigenvalue weighted by molar-refractivity contribution is 0.199. The molecule has 126 valence electrons. The van der Waals surface area contributed by atoms with Gasteiger partial charge in [-0.1, -0.05) is 5.16 Å². The average molecular weight is 328 g/mol. The summed E-state index contributed by atoms with van der Waals surface area (Å²) in [5.74, 6) is 2.69. The molecule has 3 rings (SSSR count). The van der Waals surface area contributed by atoms with E-state index in [1.807, 2.05) is 0 Å². The molecular weight excluding hydrogens is 308 g/mol. The van der Waals surface area contributed by atoms with Gasteiger partial charge in [-0.25, -0.2) is 0 Å². The van der Waals surface area contributed by atoms with E-state index in [9.17, 15) is 0 Å². The Morgan fingerprint density at radius 3 is 3.00 bits per heavy atom. The van der Waals surface area contributed by atoms with E-state index in [0.717, 1.165) is 38.2 Å². The minimum absolute atomic E-state index is 0.518. The van der Waals surface area contributed by atoms with E-state index in [0.29, 0.717) is 36.2 Å². The Morgan fingerprint density at radius 1 is 1.42 bits per heavy atom. The fourth-order valence-corrected chi connectivity index (χ4v) is 2.85. The van der Waals surface area contributed by atoms with Crippen molar-refractivity contribution in [2.24, 2.45) is 5.92 Å². The number of hydrogen-bond donors (Lipinski definition) is 0. The molecule has 8 heteroatoms. The summed E-state index contributed by atoms with van der Waals surface area (Å²) in [5, 5.41) is 20.9. The molecule has 1 aliphatic heterocycles. The highest BCUT2D eigenvalue weighted by atomic mass is 16.5. The highest BCUT2D eigenvalue weighted by molar-refractivity contribution is 5.43. The SMILES string of the molecule is COCCc1noc(CC2CCN(c3cc(C#N)cnn3)CC2)n1. The summed E-state index contributed by atoms with van der Waals surface area (Å²) >= 11 is 0. The third-order valence-corrected chi connectivity index (χ3v) is 4.21. The van der Waals surface area contributed by atoms with Gasteiger partial charge < -0.3 is 14.2 Å². The van der Waals surface area contributed by atoms with Crippen molar-refractivity contribution >= 4 is 5.82 Å². The Balaban J connectivity index is 1.51. The van der Waals surface area contributed by atoms with E-state index in [-0.39, 0.29) is 0 Å². The Kier molecular flexibility index (Phi) is 5.33. The van der Waals surface area contributed by atoms with Crippen LogP contribution in [0.3, 0.4) is 0 Å². The van der Waals surface area contributed by atoms with Crippen molar-refractivity contribution in [3.05, 3.63) is 29.5 Å². The molecule has 0 saturated carbocycles. The first-order chi connectivity index (χ1) is 11.8. The van der Waals surface area contributed by atoms with E-state index in [2.05, 4.69) is 31.3 Å². The van der Waals surface area contributed by atoms with Crippen molar-refractivity contribution in [3.63, 3.8) is 0 Å². The van der Waals surface area contributed by atoms with Crippen LogP contribution in [0.2, 0.25) is 0 Å². The Bertz CT molecular complexity index is 703. The summed E-state index contributed by atoms with van der Waals surface area (Å²) in [6.07, 6.45) is 5.00. The van der Waals surface area contributed by atoms with Gasteiger partial charge in [0.2, 0.25) is 5.89 Å². The van der Waals surface area contributed by atoms with Crippen molar-refractivity contribution in [1.29, 1.82) is 5.26 Å². The quantitative estimate of drug-likeness (QED) is 0.784. The molecule has 1 saturated heterocycles. The normalized spacial score (nSPS) is 15.4. The maximum Gasteiger partial charge on any atom is 0.226 e. The average Bonchev–Trinajstić information content (AvgIpc) is 3.08. The number of methoxy groups -OCH3 is 1. The third-order valence-electron chi connectivity index (χ3n) is 4.21. The topological polar surface area (TPSA) is 101 Å². The van der Waals surface area contributed by atoms with Crippen LogP contribution in [0.25, 0.3) is 0 Å². The molecule has 0 N–H and O–H groups in total. The lowest BCUT2D eigenvalue weighted by Crippen LogP contribution is -2.35. The van der Waals surface area contributed by atoms with Gasteiger partial charge in [0, 0.05) is 39.1 Å². The fourth-order valence-electron chi connectivity index (χ4n) is 2.85. The number of piperidine rings is 1.